The third kappa shape index (κ3) is 1.47. The number of carboxylic acid groups (broad SMARTS) is 1. The summed E-state index contributed by atoms with van der Waals surface area (Å²) in [6.07, 6.45) is 1.20. The number of H-pyrrole nitrogens is 2. The average molecular weight is 232 g/mol. The predicted molar refractivity (Wildman–Crippen MR) is 51.8 cm³/mol. The van der Waals surface area contributed by atoms with E-state index in [1.165, 1.54) is 6.20 Å². The maximum Gasteiger partial charge on any atom is 0.353 e. The Balaban J connectivity index is 2.10. The molecule has 0 radical (unpaired) electrons. The number of nitrogens with one attached hydrogen (secondary N) is 2. The molecular weight excluding hydrogens is 228 g/mol. The van der Waals surface area contributed by atoms with Crippen molar-refractivity contribution >= 4 is 17.3 Å². The highest BCUT2D eigenvalue weighted by atomic mass is 16.4. The average Bonchev–Trinajstić information content (AvgIpc) is 2.95. The summed E-state index contributed by atoms with van der Waals surface area (Å²) in [5, 5.41) is 22.7. The van der Waals surface area contributed by atoms with E-state index in [9.17, 15) is 4.79 Å². The number of hydrogen-bond acceptors (Lipinski definition) is 7. The number of rotatable bonds is 2. The molecule has 0 aliphatic rings. The molecule has 3 aromatic heterocycles. The number of aromatic amines is 2. The second kappa shape index (κ2) is 3.30. The SMILES string of the molecule is O=C(O)c1cnc(-c2nc3nnnnc3[nH]2)[nH]1. The van der Waals surface area contributed by atoms with Crippen LogP contribution in [0, 0.1) is 0 Å². The summed E-state index contributed by atoms with van der Waals surface area (Å²) in [4.78, 5) is 24.0. The molecule has 0 fully saturated rings. The Morgan fingerprint density at radius 2 is 2.00 bits per heavy atom. The van der Waals surface area contributed by atoms with Gasteiger partial charge in [-0.3, -0.25) is 0 Å². The van der Waals surface area contributed by atoms with Gasteiger partial charge in [-0.05, 0) is 10.4 Å². The minimum absolute atomic E-state index is 0.0300. The molecule has 0 aromatic carbocycles. The van der Waals surface area contributed by atoms with Gasteiger partial charge < -0.3 is 15.1 Å². The molecule has 3 heterocycles. The Morgan fingerprint density at radius 1 is 1.18 bits per heavy atom. The zero-order chi connectivity index (χ0) is 11.8. The van der Waals surface area contributed by atoms with E-state index in [1.807, 2.05) is 0 Å². The number of aromatic nitrogens is 8. The van der Waals surface area contributed by atoms with E-state index in [0.29, 0.717) is 11.5 Å². The number of aromatic carboxylic acids is 1. The first-order valence-corrected chi connectivity index (χ1v) is 4.44. The van der Waals surface area contributed by atoms with E-state index < -0.39 is 5.97 Å². The fourth-order valence-electron chi connectivity index (χ4n) is 1.28. The molecule has 0 saturated heterocycles. The largest absolute Gasteiger partial charge is 0.477 e. The summed E-state index contributed by atoms with van der Waals surface area (Å²) in [5.41, 5.74) is 0.601. The van der Waals surface area contributed by atoms with E-state index in [0.717, 1.165) is 0 Å². The van der Waals surface area contributed by atoms with Crippen LogP contribution < -0.4 is 0 Å². The van der Waals surface area contributed by atoms with Crippen LogP contribution in [0.1, 0.15) is 10.5 Å². The van der Waals surface area contributed by atoms with Gasteiger partial charge in [0.05, 0.1) is 6.20 Å². The quantitative estimate of drug-likeness (QED) is 0.521. The second-order valence-electron chi connectivity index (χ2n) is 3.09. The van der Waals surface area contributed by atoms with Crippen molar-refractivity contribution in [3.05, 3.63) is 11.9 Å². The summed E-state index contributed by atoms with van der Waals surface area (Å²) >= 11 is 0. The molecule has 17 heavy (non-hydrogen) atoms. The number of nitrogens with zero attached hydrogens (tertiary/aromatic N) is 6. The first kappa shape index (κ1) is 9.33. The number of imidazole rings is 2. The predicted octanol–water partition coefficient (Wildman–Crippen LogP) is -0.769. The molecule has 3 N–H and O–H groups in total. The smallest absolute Gasteiger partial charge is 0.353 e. The van der Waals surface area contributed by atoms with E-state index >= 15 is 0 Å². The Labute approximate surface area is 92.1 Å². The monoisotopic (exact) mass is 232 g/mol. The molecule has 0 aliphatic carbocycles. The van der Waals surface area contributed by atoms with Crippen molar-refractivity contribution in [2.45, 2.75) is 0 Å². The lowest BCUT2D eigenvalue weighted by Crippen LogP contribution is -1.95. The summed E-state index contributed by atoms with van der Waals surface area (Å²) in [7, 11) is 0. The molecule has 3 rings (SSSR count). The fourth-order valence-corrected chi connectivity index (χ4v) is 1.28. The standard InChI is InChI=1S/C7H4N8O2/c16-7(17)2-1-8-3(9-2)4-10-5-6(11-4)13-15-14-12-5/h1H,(H,8,9)(H,16,17)(H,10,11,12,13,14,15). The summed E-state index contributed by atoms with van der Waals surface area (Å²) in [6, 6.07) is 0. The maximum atomic E-state index is 10.7. The summed E-state index contributed by atoms with van der Waals surface area (Å²) in [6.45, 7) is 0. The Kier molecular flexibility index (Phi) is 1.81. The molecule has 0 unspecified atom stereocenters. The lowest BCUT2D eigenvalue weighted by molar-refractivity contribution is 0.0691. The number of fused-ring (bicyclic) bond motifs is 1. The van der Waals surface area contributed by atoms with Crippen LogP contribution >= 0.6 is 0 Å². The molecule has 10 heteroatoms. The zero-order valence-electron chi connectivity index (χ0n) is 8.12. The van der Waals surface area contributed by atoms with Crippen LogP contribution in [0.2, 0.25) is 0 Å². The molecule has 0 saturated carbocycles. The molecule has 0 amide bonds. The van der Waals surface area contributed by atoms with Crippen LogP contribution in [0.4, 0.5) is 0 Å². The molecule has 84 valence electrons. The topological polar surface area (TPSA) is 146 Å². The first-order chi connectivity index (χ1) is 8.24. The summed E-state index contributed by atoms with van der Waals surface area (Å²) < 4.78 is 0. The Morgan fingerprint density at radius 3 is 2.71 bits per heavy atom. The summed E-state index contributed by atoms with van der Waals surface area (Å²) in [5.74, 6) is -0.496. The highest BCUT2D eigenvalue weighted by Gasteiger charge is 2.13. The molecular formula is C7H4N8O2. The zero-order valence-corrected chi connectivity index (χ0v) is 8.12. The minimum Gasteiger partial charge on any atom is -0.477 e. The van der Waals surface area contributed by atoms with Gasteiger partial charge in [0.15, 0.2) is 11.6 Å². The van der Waals surface area contributed by atoms with E-state index in [4.69, 9.17) is 5.11 Å². The van der Waals surface area contributed by atoms with Gasteiger partial charge in [-0.15, -0.1) is 10.2 Å². The van der Waals surface area contributed by atoms with Crippen molar-refractivity contribution in [1.82, 2.24) is 40.6 Å². The highest BCUT2D eigenvalue weighted by molar-refractivity contribution is 5.85. The molecule has 0 bridgehead atoms. The van der Waals surface area contributed by atoms with Gasteiger partial charge in [-0.2, -0.15) is 0 Å². The third-order valence-corrected chi connectivity index (χ3v) is 2.02. The van der Waals surface area contributed by atoms with E-state index in [1.54, 1.807) is 0 Å². The van der Waals surface area contributed by atoms with E-state index in [2.05, 4.69) is 40.6 Å². The van der Waals surface area contributed by atoms with Crippen molar-refractivity contribution in [3.63, 3.8) is 0 Å². The molecule has 0 aliphatic heterocycles. The molecule has 0 atom stereocenters. The lowest BCUT2D eigenvalue weighted by Gasteiger charge is -1.87. The van der Waals surface area contributed by atoms with Crippen molar-refractivity contribution in [3.8, 4) is 11.6 Å². The number of carbonyl (C=O) groups is 1. The van der Waals surface area contributed by atoms with Gasteiger partial charge in [0.25, 0.3) is 0 Å². The van der Waals surface area contributed by atoms with Crippen LogP contribution in [-0.2, 0) is 0 Å². The van der Waals surface area contributed by atoms with Crippen molar-refractivity contribution in [2.75, 3.05) is 0 Å². The van der Waals surface area contributed by atoms with Gasteiger partial charge in [0, 0.05) is 0 Å². The number of hydrogen-bond donors (Lipinski definition) is 3. The minimum atomic E-state index is -1.10. The van der Waals surface area contributed by atoms with Gasteiger partial charge in [0.1, 0.15) is 5.69 Å². The van der Waals surface area contributed by atoms with Crippen LogP contribution in [0.15, 0.2) is 6.20 Å². The molecule has 0 spiro atoms. The van der Waals surface area contributed by atoms with Crippen LogP contribution in [-0.4, -0.2) is 51.6 Å². The third-order valence-electron chi connectivity index (χ3n) is 2.02. The molecule has 10 nitrogen and oxygen atoms in total. The van der Waals surface area contributed by atoms with Gasteiger partial charge in [0.2, 0.25) is 11.3 Å². The first-order valence-electron chi connectivity index (χ1n) is 4.44. The van der Waals surface area contributed by atoms with Crippen molar-refractivity contribution in [1.29, 1.82) is 0 Å². The van der Waals surface area contributed by atoms with Gasteiger partial charge in [-0.1, -0.05) is 0 Å². The normalized spacial score (nSPS) is 10.8. The molecule has 3 aromatic rings. The van der Waals surface area contributed by atoms with Crippen molar-refractivity contribution in [2.24, 2.45) is 0 Å². The maximum absolute atomic E-state index is 10.7. The van der Waals surface area contributed by atoms with Crippen LogP contribution in [0.5, 0.6) is 0 Å². The van der Waals surface area contributed by atoms with E-state index in [-0.39, 0.29) is 17.2 Å². The Bertz CT molecular complexity index is 668. The fraction of sp³-hybridized carbons (Fsp3) is 0. The van der Waals surface area contributed by atoms with Crippen molar-refractivity contribution < 1.29 is 9.90 Å². The van der Waals surface area contributed by atoms with Crippen LogP contribution in [0.25, 0.3) is 22.9 Å². The van der Waals surface area contributed by atoms with Crippen LogP contribution in [0.3, 0.4) is 0 Å². The van der Waals surface area contributed by atoms with Gasteiger partial charge >= 0.3 is 5.97 Å². The van der Waals surface area contributed by atoms with Gasteiger partial charge in [-0.25, -0.2) is 14.8 Å². The second-order valence-corrected chi connectivity index (χ2v) is 3.09. The number of carboxylic acids is 1. The highest BCUT2D eigenvalue weighted by Crippen LogP contribution is 2.13. The Hall–Kier alpha value is -2.91. The lowest BCUT2D eigenvalue weighted by atomic mass is 10.5.